The highest BCUT2D eigenvalue weighted by Crippen LogP contribution is 2.13. The van der Waals surface area contributed by atoms with Gasteiger partial charge in [-0.05, 0) is 36.4 Å². The summed E-state index contributed by atoms with van der Waals surface area (Å²) >= 11 is 0. The minimum Gasteiger partial charge on any atom is -0.345 e. The first-order valence-corrected chi connectivity index (χ1v) is 7.84. The van der Waals surface area contributed by atoms with Crippen LogP contribution in [0, 0.1) is 5.82 Å². The van der Waals surface area contributed by atoms with Crippen LogP contribution in [0.2, 0.25) is 0 Å². The van der Waals surface area contributed by atoms with Crippen molar-refractivity contribution in [3.05, 3.63) is 89.8 Å². The molecule has 0 fully saturated rings. The lowest BCUT2D eigenvalue weighted by Crippen LogP contribution is -2.25. The van der Waals surface area contributed by atoms with E-state index in [1.807, 2.05) is 6.07 Å². The van der Waals surface area contributed by atoms with Gasteiger partial charge in [0.05, 0.1) is 17.9 Å². The largest absolute Gasteiger partial charge is 0.345 e. The van der Waals surface area contributed by atoms with E-state index >= 15 is 0 Å². The van der Waals surface area contributed by atoms with Gasteiger partial charge in [0.15, 0.2) is 0 Å². The lowest BCUT2D eigenvalue weighted by molar-refractivity contribution is 0.0945. The van der Waals surface area contributed by atoms with Crippen LogP contribution in [0.1, 0.15) is 26.7 Å². The van der Waals surface area contributed by atoms with Crippen molar-refractivity contribution >= 4 is 17.5 Å². The maximum Gasteiger partial charge on any atom is 0.274 e. The second-order valence-corrected chi connectivity index (χ2v) is 5.35. The van der Waals surface area contributed by atoms with Gasteiger partial charge in [0.25, 0.3) is 11.8 Å². The fraction of sp³-hybridized carbons (Fsp3) is 0.0526. The Morgan fingerprint density at radius 3 is 2.35 bits per heavy atom. The average molecular weight is 350 g/mol. The van der Waals surface area contributed by atoms with Crippen LogP contribution >= 0.6 is 0 Å². The van der Waals surface area contributed by atoms with Gasteiger partial charge < -0.3 is 10.6 Å². The number of benzene rings is 1. The van der Waals surface area contributed by atoms with Crippen molar-refractivity contribution < 1.29 is 14.0 Å². The predicted molar refractivity (Wildman–Crippen MR) is 94.0 cm³/mol. The third-order valence-electron chi connectivity index (χ3n) is 3.49. The zero-order valence-corrected chi connectivity index (χ0v) is 13.6. The normalized spacial score (nSPS) is 10.2. The number of rotatable bonds is 5. The first-order chi connectivity index (χ1) is 12.6. The third kappa shape index (κ3) is 4.27. The van der Waals surface area contributed by atoms with Crippen molar-refractivity contribution in [2.45, 2.75) is 6.54 Å². The standard InChI is InChI=1S/C19H15FN4O2/c20-14-7-1-2-8-15(14)24-19(26)17-10-5-9-16(23-17)18(25)22-12-13-6-3-4-11-21-13/h1-11H,12H2,(H,22,25)(H,24,26). The van der Waals surface area contributed by atoms with E-state index in [2.05, 4.69) is 20.6 Å². The Morgan fingerprint density at radius 2 is 1.62 bits per heavy atom. The molecule has 0 aliphatic carbocycles. The van der Waals surface area contributed by atoms with E-state index in [4.69, 9.17) is 0 Å². The maximum absolute atomic E-state index is 13.6. The summed E-state index contributed by atoms with van der Waals surface area (Å²) in [7, 11) is 0. The molecular formula is C19H15FN4O2. The van der Waals surface area contributed by atoms with E-state index in [1.54, 1.807) is 30.5 Å². The third-order valence-corrected chi connectivity index (χ3v) is 3.49. The van der Waals surface area contributed by atoms with Crippen LogP contribution in [0.15, 0.2) is 66.9 Å². The monoisotopic (exact) mass is 350 g/mol. The van der Waals surface area contributed by atoms with Crippen molar-refractivity contribution in [1.29, 1.82) is 0 Å². The lowest BCUT2D eigenvalue weighted by Gasteiger charge is -2.07. The molecule has 0 bridgehead atoms. The van der Waals surface area contributed by atoms with Crippen molar-refractivity contribution in [2.75, 3.05) is 5.32 Å². The number of pyridine rings is 2. The summed E-state index contributed by atoms with van der Waals surface area (Å²) in [4.78, 5) is 32.6. The number of carbonyl (C=O) groups is 2. The van der Waals surface area contributed by atoms with Crippen LogP contribution in [0.5, 0.6) is 0 Å². The van der Waals surface area contributed by atoms with Gasteiger partial charge in [-0.2, -0.15) is 0 Å². The molecule has 0 unspecified atom stereocenters. The number of nitrogens with zero attached hydrogens (tertiary/aromatic N) is 2. The summed E-state index contributed by atoms with van der Waals surface area (Å²) in [6.45, 7) is 0.243. The van der Waals surface area contributed by atoms with Crippen LogP contribution in [0.25, 0.3) is 0 Å². The summed E-state index contributed by atoms with van der Waals surface area (Å²) in [6.07, 6.45) is 1.63. The number of amides is 2. The van der Waals surface area contributed by atoms with Gasteiger partial charge >= 0.3 is 0 Å². The van der Waals surface area contributed by atoms with Crippen LogP contribution in [0.4, 0.5) is 10.1 Å². The molecule has 26 heavy (non-hydrogen) atoms. The Morgan fingerprint density at radius 1 is 0.885 bits per heavy atom. The molecule has 0 atom stereocenters. The van der Waals surface area contributed by atoms with Crippen LogP contribution in [-0.4, -0.2) is 21.8 Å². The molecule has 0 saturated heterocycles. The fourth-order valence-corrected chi connectivity index (χ4v) is 2.20. The Kier molecular flexibility index (Phi) is 5.28. The summed E-state index contributed by atoms with van der Waals surface area (Å²) in [5.41, 5.74) is 0.847. The number of hydrogen-bond donors (Lipinski definition) is 2. The smallest absolute Gasteiger partial charge is 0.274 e. The van der Waals surface area contributed by atoms with Gasteiger partial charge in [-0.15, -0.1) is 0 Å². The average Bonchev–Trinajstić information content (AvgIpc) is 2.69. The van der Waals surface area contributed by atoms with E-state index in [9.17, 15) is 14.0 Å². The summed E-state index contributed by atoms with van der Waals surface area (Å²) in [5.74, 6) is -1.59. The number of halogens is 1. The van der Waals surface area contributed by atoms with Gasteiger partial charge in [0.2, 0.25) is 0 Å². The van der Waals surface area contributed by atoms with Crippen LogP contribution in [-0.2, 0) is 6.54 Å². The number of anilines is 1. The Bertz CT molecular complexity index is 932. The number of para-hydroxylation sites is 1. The first-order valence-electron chi connectivity index (χ1n) is 7.84. The minimum atomic E-state index is -0.602. The number of hydrogen-bond acceptors (Lipinski definition) is 4. The van der Waals surface area contributed by atoms with E-state index in [0.717, 1.165) is 0 Å². The molecule has 0 spiro atoms. The molecule has 3 rings (SSSR count). The topological polar surface area (TPSA) is 84.0 Å². The molecule has 130 valence electrons. The summed E-state index contributed by atoms with van der Waals surface area (Å²) < 4.78 is 13.6. The molecule has 1 aromatic carbocycles. The molecule has 0 aliphatic heterocycles. The van der Waals surface area contributed by atoms with Crippen LogP contribution < -0.4 is 10.6 Å². The molecule has 2 aromatic heterocycles. The van der Waals surface area contributed by atoms with Gasteiger partial charge in [0, 0.05) is 6.20 Å². The van der Waals surface area contributed by atoms with Crippen molar-refractivity contribution in [2.24, 2.45) is 0 Å². The zero-order valence-electron chi connectivity index (χ0n) is 13.6. The molecule has 7 heteroatoms. The predicted octanol–water partition coefficient (Wildman–Crippen LogP) is 2.80. The molecule has 0 saturated carbocycles. The Labute approximate surface area is 149 Å². The highest BCUT2D eigenvalue weighted by molar-refractivity contribution is 6.03. The molecule has 2 N–H and O–H groups in total. The van der Waals surface area contributed by atoms with Gasteiger partial charge in [-0.1, -0.05) is 24.3 Å². The molecule has 2 amide bonds. The number of nitrogens with one attached hydrogen (secondary N) is 2. The zero-order chi connectivity index (χ0) is 18.4. The second kappa shape index (κ2) is 7.98. The second-order valence-electron chi connectivity index (χ2n) is 5.35. The van der Waals surface area contributed by atoms with Crippen molar-refractivity contribution in [3.8, 4) is 0 Å². The van der Waals surface area contributed by atoms with E-state index in [0.29, 0.717) is 5.69 Å². The van der Waals surface area contributed by atoms with E-state index in [1.165, 1.54) is 30.3 Å². The van der Waals surface area contributed by atoms with E-state index < -0.39 is 17.6 Å². The van der Waals surface area contributed by atoms with Gasteiger partial charge in [0.1, 0.15) is 17.2 Å². The fourth-order valence-electron chi connectivity index (χ4n) is 2.20. The molecule has 0 aliphatic rings. The quantitative estimate of drug-likeness (QED) is 0.741. The lowest BCUT2D eigenvalue weighted by atomic mass is 10.2. The SMILES string of the molecule is O=C(NCc1ccccn1)c1cccc(C(=O)Nc2ccccc2F)n1. The Balaban J connectivity index is 1.68. The Hall–Kier alpha value is -3.61. The van der Waals surface area contributed by atoms with Gasteiger partial charge in [-0.25, -0.2) is 9.37 Å². The molecule has 6 nitrogen and oxygen atoms in total. The van der Waals surface area contributed by atoms with Crippen LogP contribution in [0.3, 0.4) is 0 Å². The summed E-state index contributed by atoms with van der Waals surface area (Å²) in [6, 6.07) is 15.7. The first kappa shape index (κ1) is 17.2. The minimum absolute atomic E-state index is 0.0127. The van der Waals surface area contributed by atoms with Gasteiger partial charge in [-0.3, -0.25) is 14.6 Å². The molecule has 0 radical (unpaired) electrons. The van der Waals surface area contributed by atoms with Crippen molar-refractivity contribution in [1.82, 2.24) is 15.3 Å². The summed E-state index contributed by atoms with van der Waals surface area (Å²) in [5, 5.41) is 5.12. The molecule has 3 aromatic rings. The highest BCUT2D eigenvalue weighted by Gasteiger charge is 2.14. The van der Waals surface area contributed by atoms with Crippen molar-refractivity contribution in [3.63, 3.8) is 0 Å². The van der Waals surface area contributed by atoms with E-state index in [-0.39, 0.29) is 23.6 Å². The highest BCUT2D eigenvalue weighted by atomic mass is 19.1. The number of aromatic nitrogens is 2. The number of carbonyl (C=O) groups excluding carboxylic acids is 2. The molecule has 2 heterocycles. The molecular weight excluding hydrogens is 335 g/mol. The maximum atomic E-state index is 13.6.